The number of fused-ring (bicyclic) bond motifs is 1. The smallest absolute Gasteiger partial charge is 0.274 e. The summed E-state index contributed by atoms with van der Waals surface area (Å²) in [5.74, 6) is 0.696. The van der Waals surface area contributed by atoms with E-state index in [1.807, 2.05) is 24.3 Å². The van der Waals surface area contributed by atoms with Gasteiger partial charge in [-0.15, -0.1) is 10.2 Å². The van der Waals surface area contributed by atoms with Crippen LogP contribution in [-0.2, 0) is 0 Å². The molecule has 4 rings (SSSR count). The summed E-state index contributed by atoms with van der Waals surface area (Å²) in [5, 5.41) is 7.83. The van der Waals surface area contributed by atoms with Crippen LogP contribution in [0, 0.1) is 0 Å². The van der Waals surface area contributed by atoms with Gasteiger partial charge in [0.15, 0.2) is 0 Å². The van der Waals surface area contributed by atoms with E-state index < -0.39 is 0 Å². The predicted molar refractivity (Wildman–Crippen MR) is 93.1 cm³/mol. The summed E-state index contributed by atoms with van der Waals surface area (Å²) >= 11 is 0. The van der Waals surface area contributed by atoms with E-state index >= 15 is 0 Å². The molecule has 1 aromatic carbocycles. The molecule has 0 spiro atoms. The fourth-order valence-corrected chi connectivity index (χ4v) is 2.88. The minimum atomic E-state index is -0.143. The molecule has 0 unspecified atom stereocenters. The predicted octanol–water partition coefficient (Wildman–Crippen LogP) is 1.72. The second-order valence-electron chi connectivity index (χ2n) is 5.94. The van der Waals surface area contributed by atoms with Gasteiger partial charge in [0, 0.05) is 25.1 Å². The van der Waals surface area contributed by atoms with Gasteiger partial charge in [0.05, 0.1) is 30.9 Å². The number of benzene rings is 1. The lowest BCUT2D eigenvalue weighted by atomic mass is 10.3. The topological polar surface area (TPSA) is 90.3 Å². The van der Waals surface area contributed by atoms with Crippen molar-refractivity contribution in [3.8, 4) is 11.8 Å². The van der Waals surface area contributed by atoms with Gasteiger partial charge >= 0.3 is 0 Å². The molecule has 3 aromatic rings. The van der Waals surface area contributed by atoms with Crippen LogP contribution in [0.5, 0.6) is 11.8 Å². The van der Waals surface area contributed by atoms with Crippen molar-refractivity contribution in [3.63, 3.8) is 0 Å². The van der Waals surface area contributed by atoms with Crippen molar-refractivity contribution >= 4 is 16.9 Å². The number of para-hydroxylation sites is 2. The molecule has 0 radical (unpaired) electrons. The first-order valence-electron chi connectivity index (χ1n) is 8.28. The Morgan fingerprint density at radius 3 is 2.65 bits per heavy atom. The van der Waals surface area contributed by atoms with Crippen LogP contribution in [0.4, 0.5) is 0 Å². The first kappa shape index (κ1) is 16.2. The lowest BCUT2D eigenvalue weighted by molar-refractivity contribution is 0.0765. The Morgan fingerprint density at radius 2 is 1.88 bits per heavy atom. The molecule has 132 valence electrons. The first-order valence-corrected chi connectivity index (χ1v) is 8.28. The van der Waals surface area contributed by atoms with Gasteiger partial charge in [-0.2, -0.15) is 0 Å². The van der Waals surface area contributed by atoms with E-state index in [0.717, 1.165) is 11.9 Å². The number of likely N-dealkylation sites (tertiary alicyclic amines) is 1. The van der Waals surface area contributed by atoms with E-state index in [1.54, 1.807) is 17.0 Å². The molecule has 3 heterocycles. The number of amides is 1. The second kappa shape index (κ2) is 6.91. The molecule has 2 aromatic heterocycles. The van der Waals surface area contributed by atoms with Crippen molar-refractivity contribution in [3.05, 3.63) is 48.3 Å². The van der Waals surface area contributed by atoms with Crippen molar-refractivity contribution in [1.29, 1.82) is 0 Å². The highest BCUT2D eigenvalue weighted by atomic mass is 16.5. The zero-order chi connectivity index (χ0) is 17.9. The quantitative estimate of drug-likeness (QED) is 0.707. The highest BCUT2D eigenvalue weighted by Gasteiger charge is 2.29. The van der Waals surface area contributed by atoms with Gasteiger partial charge in [0.25, 0.3) is 5.91 Å². The maximum absolute atomic E-state index is 12.7. The maximum Gasteiger partial charge on any atom is 0.274 e. The number of methoxy groups -OCH3 is 1. The molecule has 8 heteroatoms. The Balaban J connectivity index is 1.42. The summed E-state index contributed by atoms with van der Waals surface area (Å²) in [6.45, 7) is 1.07. The average Bonchev–Trinajstić information content (AvgIpc) is 3.16. The van der Waals surface area contributed by atoms with Gasteiger partial charge in [-0.3, -0.25) is 9.78 Å². The Labute approximate surface area is 149 Å². The fourth-order valence-electron chi connectivity index (χ4n) is 2.88. The summed E-state index contributed by atoms with van der Waals surface area (Å²) in [4.78, 5) is 23.1. The number of carbonyl (C=O) groups excluding carboxylic acids is 1. The molecular weight excluding hydrogens is 334 g/mol. The molecule has 1 aliphatic heterocycles. The Kier molecular flexibility index (Phi) is 4.30. The molecule has 1 fully saturated rings. The van der Waals surface area contributed by atoms with Crippen LogP contribution in [0.15, 0.2) is 42.6 Å². The van der Waals surface area contributed by atoms with Gasteiger partial charge in [-0.05, 0) is 12.1 Å². The molecule has 1 aliphatic rings. The van der Waals surface area contributed by atoms with Gasteiger partial charge < -0.3 is 14.4 Å². The van der Waals surface area contributed by atoms with E-state index in [4.69, 9.17) is 9.47 Å². The van der Waals surface area contributed by atoms with Crippen molar-refractivity contribution < 1.29 is 14.3 Å². The summed E-state index contributed by atoms with van der Waals surface area (Å²) in [6.07, 6.45) is 2.11. The van der Waals surface area contributed by atoms with Crippen LogP contribution >= 0.6 is 0 Å². The SMILES string of the molecule is COc1ccc(O[C@H]2CCN(C(=O)c3cnc4ccccc4n3)C2)nn1. The second-order valence-corrected chi connectivity index (χ2v) is 5.94. The first-order chi connectivity index (χ1) is 12.7. The summed E-state index contributed by atoms with van der Waals surface area (Å²) in [7, 11) is 1.53. The number of carbonyl (C=O) groups is 1. The largest absolute Gasteiger partial charge is 0.480 e. The van der Waals surface area contributed by atoms with E-state index in [0.29, 0.717) is 36.1 Å². The zero-order valence-corrected chi connectivity index (χ0v) is 14.2. The lowest BCUT2D eigenvalue weighted by Crippen LogP contribution is -2.31. The van der Waals surface area contributed by atoms with Gasteiger partial charge in [0.1, 0.15) is 11.8 Å². The van der Waals surface area contributed by atoms with Crippen LogP contribution in [0.1, 0.15) is 16.9 Å². The molecule has 0 N–H and O–H groups in total. The molecule has 0 bridgehead atoms. The number of aromatic nitrogens is 4. The average molecular weight is 351 g/mol. The van der Waals surface area contributed by atoms with Gasteiger partial charge in [-0.1, -0.05) is 12.1 Å². The highest BCUT2D eigenvalue weighted by Crippen LogP contribution is 2.19. The van der Waals surface area contributed by atoms with Crippen molar-refractivity contribution in [2.75, 3.05) is 20.2 Å². The summed E-state index contributed by atoms with van der Waals surface area (Å²) in [6, 6.07) is 10.9. The van der Waals surface area contributed by atoms with Crippen LogP contribution in [-0.4, -0.2) is 57.3 Å². The molecular formula is C18H17N5O3. The molecule has 8 nitrogen and oxygen atoms in total. The van der Waals surface area contributed by atoms with Crippen LogP contribution < -0.4 is 9.47 Å². The van der Waals surface area contributed by atoms with E-state index in [9.17, 15) is 4.79 Å². The molecule has 26 heavy (non-hydrogen) atoms. The summed E-state index contributed by atoms with van der Waals surface area (Å²) in [5.41, 5.74) is 1.82. The summed E-state index contributed by atoms with van der Waals surface area (Å²) < 4.78 is 10.8. The lowest BCUT2D eigenvalue weighted by Gasteiger charge is -2.16. The van der Waals surface area contributed by atoms with Crippen LogP contribution in [0.2, 0.25) is 0 Å². The molecule has 1 saturated heterocycles. The van der Waals surface area contributed by atoms with Crippen LogP contribution in [0.3, 0.4) is 0 Å². The Morgan fingerprint density at radius 1 is 1.12 bits per heavy atom. The third-order valence-electron chi connectivity index (χ3n) is 4.21. The van der Waals surface area contributed by atoms with E-state index in [-0.39, 0.29) is 12.0 Å². The van der Waals surface area contributed by atoms with Gasteiger partial charge in [-0.25, -0.2) is 4.98 Å². The Hall–Kier alpha value is -3.29. The molecule has 1 atom stereocenters. The third kappa shape index (κ3) is 3.26. The maximum atomic E-state index is 12.7. The number of ether oxygens (including phenoxy) is 2. The minimum Gasteiger partial charge on any atom is -0.480 e. The highest BCUT2D eigenvalue weighted by molar-refractivity contribution is 5.94. The van der Waals surface area contributed by atoms with Crippen molar-refractivity contribution in [1.82, 2.24) is 25.1 Å². The number of rotatable bonds is 4. The number of nitrogens with zero attached hydrogens (tertiary/aromatic N) is 5. The molecule has 1 amide bonds. The molecule has 0 saturated carbocycles. The van der Waals surface area contributed by atoms with Crippen molar-refractivity contribution in [2.45, 2.75) is 12.5 Å². The molecule has 0 aliphatic carbocycles. The monoisotopic (exact) mass is 351 g/mol. The number of hydrogen-bond acceptors (Lipinski definition) is 7. The number of hydrogen-bond donors (Lipinski definition) is 0. The van der Waals surface area contributed by atoms with Crippen LogP contribution in [0.25, 0.3) is 11.0 Å². The van der Waals surface area contributed by atoms with E-state index in [2.05, 4.69) is 20.2 Å². The van der Waals surface area contributed by atoms with Crippen molar-refractivity contribution in [2.24, 2.45) is 0 Å². The standard InChI is InChI=1S/C18H17N5O3/c1-25-16-6-7-17(22-21-16)26-12-8-9-23(11-12)18(24)15-10-19-13-4-2-3-5-14(13)20-15/h2-7,10,12H,8-9,11H2,1H3/t12-/m0/s1. The van der Waals surface area contributed by atoms with Gasteiger partial charge in [0.2, 0.25) is 11.8 Å². The Bertz CT molecular complexity index is 932. The van der Waals surface area contributed by atoms with E-state index in [1.165, 1.54) is 13.3 Å². The fraction of sp³-hybridized carbons (Fsp3) is 0.278. The zero-order valence-electron chi connectivity index (χ0n) is 14.2. The normalized spacial score (nSPS) is 16.7. The minimum absolute atomic E-state index is 0.130. The third-order valence-corrected chi connectivity index (χ3v) is 4.21.